The van der Waals surface area contributed by atoms with Crippen molar-refractivity contribution in [2.24, 2.45) is 5.90 Å². The molecule has 3 aromatic rings. The van der Waals surface area contributed by atoms with Gasteiger partial charge in [-0.25, -0.2) is 4.94 Å². The van der Waals surface area contributed by atoms with Crippen molar-refractivity contribution in [3.05, 3.63) is 101 Å². The molecule has 3 N–H and O–H groups in total. The fourth-order valence-electron chi connectivity index (χ4n) is 4.81. The molecule has 6 nitrogen and oxygen atoms in total. The summed E-state index contributed by atoms with van der Waals surface area (Å²) in [6.45, 7) is 6.47. The van der Waals surface area contributed by atoms with Crippen molar-refractivity contribution in [2.75, 3.05) is 45.9 Å². The van der Waals surface area contributed by atoms with Crippen LogP contribution in [0.1, 0.15) is 35.6 Å². The number of nitrogens with two attached hydrogens (primary N) is 1. The first-order chi connectivity index (χ1) is 17.7. The molecular formula is C29H37ClN4O2. The molecule has 0 bridgehead atoms. The topological polar surface area (TPSA) is 63.0 Å². The molecule has 36 heavy (non-hydrogen) atoms. The molecule has 1 aliphatic heterocycles. The molecule has 4 rings (SSSR count). The van der Waals surface area contributed by atoms with Gasteiger partial charge < -0.3 is 4.74 Å². The van der Waals surface area contributed by atoms with Crippen LogP contribution in [0, 0.1) is 0 Å². The SMILES string of the molecule is NONCCCCc1cccc(OCCN2CCN([C@H](c3ccccc3)c3ccc(Cl)cc3)CC2)c1. The van der Waals surface area contributed by atoms with Crippen molar-refractivity contribution >= 4 is 11.6 Å². The highest BCUT2D eigenvalue weighted by Crippen LogP contribution is 2.30. The first-order valence-corrected chi connectivity index (χ1v) is 13.2. The summed E-state index contributed by atoms with van der Waals surface area (Å²) in [5.74, 6) is 5.92. The lowest BCUT2D eigenvalue weighted by Crippen LogP contribution is -2.48. The standard InChI is InChI=1S/C29H37ClN4O2/c30-27-14-12-26(13-15-27)29(25-9-2-1-3-10-25)34-19-17-33(18-20-34)21-22-35-28-11-6-8-24(23-28)7-4-5-16-32-36-31/h1-3,6,8-15,23,29,32H,4-5,7,16-22,31H2/t29-/m1/s1. The van der Waals surface area contributed by atoms with E-state index in [4.69, 9.17) is 22.2 Å². The Bertz CT molecular complexity index is 1030. The lowest BCUT2D eigenvalue weighted by Gasteiger charge is -2.39. The molecule has 0 unspecified atom stereocenters. The number of rotatable bonds is 13. The van der Waals surface area contributed by atoms with E-state index in [9.17, 15) is 0 Å². The zero-order chi connectivity index (χ0) is 25.0. The minimum Gasteiger partial charge on any atom is -0.492 e. The predicted octanol–water partition coefficient (Wildman–Crippen LogP) is 4.84. The Morgan fingerprint density at radius 1 is 0.861 bits per heavy atom. The second-order valence-corrected chi connectivity index (χ2v) is 9.64. The molecule has 3 aromatic carbocycles. The number of benzene rings is 3. The van der Waals surface area contributed by atoms with Crippen LogP contribution in [0.4, 0.5) is 0 Å². The van der Waals surface area contributed by atoms with Crippen LogP contribution in [0.15, 0.2) is 78.9 Å². The Kier molecular flexibility index (Phi) is 10.6. The molecule has 1 heterocycles. The van der Waals surface area contributed by atoms with Gasteiger partial charge in [0.1, 0.15) is 12.4 Å². The molecule has 0 aromatic heterocycles. The van der Waals surface area contributed by atoms with E-state index in [1.165, 1.54) is 16.7 Å². The maximum Gasteiger partial charge on any atom is 0.119 e. The Morgan fingerprint density at radius 2 is 1.61 bits per heavy atom. The minimum absolute atomic E-state index is 0.239. The van der Waals surface area contributed by atoms with Crippen molar-refractivity contribution < 1.29 is 9.68 Å². The number of piperazine rings is 1. The van der Waals surface area contributed by atoms with Crippen molar-refractivity contribution in [2.45, 2.75) is 25.3 Å². The van der Waals surface area contributed by atoms with Gasteiger partial charge in [0, 0.05) is 44.3 Å². The molecule has 1 atom stereocenters. The fourth-order valence-corrected chi connectivity index (χ4v) is 4.93. The first-order valence-electron chi connectivity index (χ1n) is 12.8. The quantitative estimate of drug-likeness (QED) is 0.254. The Hall–Kier alpha value is -2.45. The predicted molar refractivity (Wildman–Crippen MR) is 146 cm³/mol. The molecule has 0 aliphatic carbocycles. The normalized spacial score (nSPS) is 15.6. The monoisotopic (exact) mass is 508 g/mol. The summed E-state index contributed by atoms with van der Waals surface area (Å²) in [7, 11) is 0. The van der Waals surface area contributed by atoms with E-state index < -0.39 is 0 Å². The van der Waals surface area contributed by atoms with Gasteiger partial charge in [-0.05, 0) is 60.2 Å². The van der Waals surface area contributed by atoms with E-state index in [1.54, 1.807) is 0 Å². The van der Waals surface area contributed by atoms with Crippen molar-refractivity contribution in [1.29, 1.82) is 0 Å². The highest BCUT2D eigenvalue weighted by atomic mass is 35.5. The summed E-state index contributed by atoms with van der Waals surface area (Å²) in [5, 5.41) is 0.774. The van der Waals surface area contributed by atoms with Crippen molar-refractivity contribution in [1.82, 2.24) is 15.3 Å². The van der Waals surface area contributed by atoms with Crippen LogP contribution in [0.3, 0.4) is 0 Å². The molecule has 192 valence electrons. The zero-order valence-corrected chi connectivity index (χ0v) is 21.6. The molecule has 1 saturated heterocycles. The number of halogens is 1. The fraction of sp³-hybridized carbons (Fsp3) is 0.379. The average molecular weight is 509 g/mol. The molecule has 1 fully saturated rings. The first kappa shape index (κ1) is 26.6. The summed E-state index contributed by atoms with van der Waals surface area (Å²) >= 11 is 6.17. The molecular weight excluding hydrogens is 472 g/mol. The number of hydrogen-bond donors (Lipinski definition) is 2. The molecule has 0 spiro atoms. The van der Waals surface area contributed by atoms with E-state index in [-0.39, 0.29) is 6.04 Å². The molecule has 0 radical (unpaired) electrons. The maximum absolute atomic E-state index is 6.17. The van der Waals surface area contributed by atoms with E-state index in [2.05, 4.69) is 80.9 Å². The Labute approximate surface area is 219 Å². The van der Waals surface area contributed by atoms with Crippen LogP contribution < -0.4 is 16.1 Å². The Balaban J connectivity index is 1.25. The third kappa shape index (κ3) is 8.03. The number of nitrogens with zero attached hydrogens (tertiary/aromatic N) is 2. The molecule has 7 heteroatoms. The van der Waals surface area contributed by atoms with Crippen LogP contribution in [0.5, 0.6) is 5.75 Å². The lowest BCUT2D eigenvalue weighted by molar-refractivity contribution is 0.0402. The van der Waals surface area contributed by atoms with Crippen molar-refractivity contribution in [3.8, 4) is 5.75 Å². The van der Waals surface area contributed by atoms with E-state index in [0.29, 0.717) is 6.61 Å². The van der Waals surface area contributed by atoms with Gasteiger partial charge in [0.25, 0.3) is 0 Å². The Morgan fingerprint density at radius 3 is 2.36 bits per heavy atom. The lowest BCUT2D eigenvalue weighted by atomic mass is 9.96. The zero-order valence-electron chi connectivity index (χ0n) is 20.8. The summed E-state index contributed by atoms with van der Waals surface area (Å²) in [5.41, 5.74) is 6.57. The summed E-state index contributed by atoms with van der Waals surface area (Å²) in [6, 6.07) is 27.7. The van der Waals surface area contributed by atoms with Crippen LogP contribution in [0.2, 0.25) is 5.02 Å². The van der Waals surface area contributed by atoms with Crippen LogP contribution >= 0.6 is 11.6 Å². The largest absolute Gasteiger partial charge is 0.492 e. The summed E-state index contributed by atoms with van der Waals surface area (Å²) in [6.07, 6.45) is 3.10. The summed E-state index contributed by atoms with van der Waals surface area (Å²) < 4.78 is 6.10. The van der Waals surface area contributed by atoms with Gasteiger partial charge in [-0.2, -0.15) is 11.4 Å². The average Bonchev–Trinajstić information content (AvgIpc) is 2.92. The number of hydrogen-bond acceptors (Lipinski definition) is 6. The smallest absolute Gasteiger partial charge is 0.119 e. The third-order valence-electron chi connectivity index (χ3n) is 6.73. The number of ether oxygens (including phenoxy) is 1. The summed E-state index contributed by atoms with van der Waals surface area (Å²) in [4.78, 5) is 9.46. The van der Waals surface area contributed by atoms with Crippen LogP contribution in [-0.4, -0.2) is 55.7 Å². The van der Waals surface area contributed by atoms with Gasteiger partial charge in [0.05, 0.1) is 6.04 Å². The van der Waals surface area contributed by atoms with Gasteiger partial charge in [-0.15, -0.1) is 0 Å². The van der Waals surface area contributed by atoms with Crippen molar-refractivity contribution in [3.63, 3.8) is 0 Å². The third-order valence-corrected chi connectivity index (χ3v) is 6.98. The number of nitrogens with one attached hydrogen (secondary N) is 1. The minimum atomic E-state index is 0.239. The molecule has 0 saturated carbocycles. The second-order valence-electron chi connectivity index (χ2n) is 9.21. The highest BCUT2D eigenvalue weighted by Gasteiger charge is 2.26. The maximum atomic E-state index is 6.17. The number of hydroxylamine groups is 1. The molecule has 1 aliphatic rings. The number of aryl methyl sites for hydroxylation is 1. The van der Waals surface area contributed by atoms with E-state index in [1.807, 2.05) is 18.2 Å². The van der Waals surface area contributed by atoms with E-state index >= 15 is 0 Å². The highest BCUT2D eigenvalue weighted by molar-refractivity contribution is 6.30. The van der Waals surface area contributed by atoms with Gasteiger partial charge in [0.15, 0.2) is 0 Å². The van der Waals surface area contributed by atoms with Gasteiger partial charge in [0.2, 0.25) is 0 Å². The van der Waals surface area contributed by atoms with Gasteiger partial charge in [-0.3, -0.25) is 9.80 Å². The second kappa shape index (κ2) is 14.3. The van der Waals surface area contributed by atoms with Gasteiger partial charge >= 0.3 is 0 Å². The van der Waals surface area contributed by atoms with Gasteiger partial charge in [-0.1, -0.05) is 66.2 Å². The molecule has 0 amide bonds. The van der Waals surface area contributed by atoms with Crippen LogP contribution in [0.25, 0.3) is 0 Å². The number of unbranched alkanes of at least 4 members (excludes halogenated alkanes) is 1. The van der Waals surface area contributed by atoms with E-state index in [0.717, 1.165) is 69.3 Å². The van der Waals surface area contributed by atoms with Crippen LogP contribution in [-0.2, 0) is 11.4 Å².